The third-order valence-corrected chi connectivity index (χ3v) is 11.2. The Hall–Kier alpha value is 0.168. The van der Waals surface area contributed by atoms with Crippen LogP contribution in [0.25, 0.3) is 0 Å². The van der Waals surface area contributed by atoms with Gasteiger partial charge in [0.2, 0.25) is 0 Å². The van der Waals surface area contributed by atoms with E-state index in [4.69, 9.17) is 0 Å². The van der Waals surface area contributed by atoms with Gasteiger partial charge >= 0.3 is 79.9 Å². The molecule has 0 bridgehead atoms. The normalized spacial score (nSPS) is 31.5. The molecule has 0 aromatic carbocycles. The third-order valence-electron chi connectivity index (χ3n) is 2.92. The van der Waals surface area contributed by atoms with Gasteiger partial charge in [0.25, 0.3) is 0 Å². The van der Waals surface area contributed by atoms with Gasteiger partial charge in [-0.15, -0.1) is 0 Å². The van der Waals surface area contributed by atoms with Gasteiger partial charge in [0.15, 0.2) is 0 Å². The van der Waals surface area contributed by atoms with Gasteiger partial charge in [-0.2, -0.15) is 0 Å². The van der Waals surface area contributed by atoms with Crippen molar-refractivity contribution in [3.63, 3.8) is 0 Å². The van der Waals surface area contributed by atoms with Crippen molar-refractivity contribution in [1.82, 2.24) is 0 Å². The van der Waals surface area contributed by atoms with E-state index in [2.05, 4.69) is 48.9 Å². The maximum absolute atomic E-state index is 2.49. The van der Waals surface area contributed by atoms with E-state index in [9.17, 15) is 0 Å². The standard InChI is InChI=1S/C8H11.3CH3.Pt/c1-6-4-5-7(2)8(6)3;;;;/h4-5H,1-3H3;3*1H3;. The maximum atomic E-state index is 2.49. The SMILES string of the molecule is CC1=C(C)[C](C)([Pt]([CH3])([CH3])[CH3])C=C1. The molecule has 1 rings (SSSR count). The van der Waals surface area contributed by atoms with E-state index in [-0.39, 0.29) is 0 Å². The zero-order valence-electron chi connectivity index (χ0n) is 8.97. The predicted octanol–water partition coefficient (Wildman–Crippen LogP) is 4.37. The first-order chi connectivity index (χ1) is 5.29. The zero-order chi connectivity index (χ0) is 9.57. The van der Waals surface area contributed by atoms with Crippen LogP contribution in [0.5, 0.6) is 0 Å². The molecule has 74 valence electrons. The topological polar surface area (TPSA) is 0 Å². The summed E-state index contributed by atoms with van der Waals surface area (Å²) in [7, 11) is 0. The van der Waals surface area contributed by atoms with E-state index in [0.717, 1.165) is 0 Å². The van der Waals surface area contributed by atoms with Crippen molar-refractivity contribution in [3.8, 4) is 0 Å². The first-order valence-corrected chi connectivity index (χ1v) is 12.0. The second-order valence-corrected chi connectivity index (χ2v) is 16.7. The van der Waals surface area contributed by atoms with Crippen molar-refractivity contribution in [2.75, 3.05) is 0 Å². The van der Waals surface area contributed by atoms with Crippen molar-refractivity contribution >= 4 is 0 Å². The molecular weight excluding hydrogens is 327 g/mol. The molecular formula is C11H20Pt. The molecule has 0 radical (unpaired) electrons. The second kappa shape index (κ2) is 2.84. The molecule has 1 heteroatoms. The van der Waals surface area contributed by atoms with Crippen LogP contribution < -0.4 is 0 Å². The van der Waals surface area contributed by atoms with Crippen LogP contribution in [0, 0.1) is 0 Å². The summed E-state index contributed by atoms with van der Waals surface area (Å²) < 4.78 is 0.442. The molecule has 0 heterocycles. The molecule has 0 aromatic heterocycles. The molecule has 0 saturated carbocycles. The van der Waals surface area contributed by atoms with Gasteiger partial charge in [-0.25, -0.2) is 0 Å². The molecule has 0 amide bonds. The van der Waals surface area contributed by atoms with Crippen molar-refractivity contribution < 1.29 is 16.1 Å². The molecule has 0 aromatic rings. The van der Waals surface area contributed by atoms with Crippen LogP contribution in [0.2, 0.25) is 19.7 Å². The van der Waals surface area contributed by atoms with Crippen LogP contribution in [0.4, 0.5) is 0 Å². The van der Waals surface area contributed by atoms with Crippen LogP contribution in [0.15, 0.2) is 23.3 Å². The Kier molecular flexibility index (Phi) is 2.42. The van der Waals surface area contributed by atoms with Gasteiger partial charge in [0, 0.05) is 0 Å². The Morgan fingerprint density at radius 1 is 1.17 bits per heavy atom. The van der Waals surface area contributed by atoms with E-state index in [1.54, 1.807) is 5.57 Å². The number of hydrogen-bond acceptors (Lipinski definition) is 0. The van der Waals surface area contributed by atoms with Crippen molar-refractivity contribution in [1.29, 1.82) is 0 Å². The van der Waals surface area contributed by atoms with Gasteiger partial charge in [-0.3, -0.25) is 0 Å². The summed E-state index contributed by atoms with van der Waals surface area (Å²) in [6, 6.07) is 0. The molecule has 1 unspecified atom stereocenters. The zero-order valence-corrected chi connectivity index (χ0v) is 11.2. The molecule has 1 aliphatic carbocycles. The van der Waals surface area contributed by atoms with Crippen LogP contribution in [0.1, 0.15) is 20.8 Å². The summed E-state index contributed by atoms with van der Waals surface area (Å²) in [4.78, 5) is 0. The average Bonchev–Trinajstić information content (AvgIpc) is 2.16. The minimum atomic E-state index is -1.52. The minimum absolute atomic E-state index is 0.442. The average molecular weight is 347 g/mol. The molecule has 1 atom stereocenters. The fraction of sp³-hybridized carbons (Fsp3) is 0.636. The molecule has 0 spiro atoms. The summed E-state index contributed by atoms with van der Waals surface area (Å²) in [6.45, 7) is 6.93. The van der Waals surface area contributed by atoms with Crippen LogP contribution >= 0.6 is 0 Å². The fourth-order valence-corrected chi connectivity index (χ4v) is 5.74. The molecule has 0 aliphatic heterocycles. The van der Waals surface area contributed by atoms with Crippen LogP contribution in [0.3, 0.4) is 0 Å². The van der Waals surface area contributed by atoms with Gasteiger partial charge < -0.3 is 0 Å². The Bertz CT molecular complexity index is 253. The summed E-state index contributed by atoms with van der Waals surface area (Å²) >= 11 is -1.52. The molecule has 0 nitrogen and oxygen atoms in total. The van der Waals surface area contributed by atoms with Crippen LogP contribution in [-0.2, 0) is 16.1 Å². The Morgan fingerprint density at radius 2 is 1.67 bits per heavy atom. The van der Waals surface area contributed by atoms with E-state index < -0.39 is 16.1 Å². The second-order valence-electron chi connectivity index (χ2n) is 4.08. The molecule has 0 fully saturated rings. The molecule has 0 saturated heterocycles. The Balaban J connectivity index is 3.13. The molecule has 12 heavy (non-hydrogen) atoms. The summed E-state index contributed by atoms with van der Waals surface area (Å²) in [6.07, 6.45) is 4.72. The van der Waals surface area contributed by atoms with E-state index in [1.807, 2.05) is 0 Å². The first-order valence-electron chi connectivity index (χ1n) is 4.02. The van der Waals surface area contributed by atoms with Gasteiger partial charge in [0.05, 0.1) is 0 Å². The quantitative estimate of drug-likeness (QED) is 0.661. The van der Waals surface area contributed by atoms with Gasteiger partial charge in [0.1, 0.15) is 0 Å². The Morgan fingerprint density at radius 3 is 1.83 bits per heavy atom. The van der Waals surface area contributed by atoms with Crippen molar-refractivity contribution in [2.45, 2.75) is 40.5 Å². The summed E-state index contributed by atoms with van der Waals surface area (Å²) in [5.74, 6) is 0. The predicted molar refractivity (Wildman–Crippen MR) is 53.5 cm³/mol. The van der Waals surface area contributed by atoms with E-state index in [0.29, 0.717) is 3.80 Å². The first kappa shape index (κ1) is 10.3. The van der Waals surface area contributed by atoms with E-state index in [1.165, 1.54) is 5.57 Å². The monoisotopic (exact) mass is 347 g/mol. The number of rotatable bonds is 1. The fourth-order valence-electron chi connectivity index (χ4n) is 1.41. The van der Waals surface area contributed by atoms with Crippen molar-refractivity contribution in [2.24, 2.45) is 0 Å². The number of hydrogen-bond donors (Lipinski definition) is 0. The van der Waals surface area contributed by atoms with Gasteiger partial charge in [-0.05, 0) is 0 Å². The van der Waals surface area contributed by atoms with Gasteiger partial charge in [-0.1, -0.05) is 0 Å². The van der Waals surface area contributed by atoms with Crippen molar-refractivity contribution in [3.05, 3.63) is 23.3 Å². The Labute approximate surface area is 79.9 Å². The van der Waals surface area contributed by atoms with E-state index >= 15 is 0 Å². The number of allylic oxidation sites excluding steroid dienone is 4. The molecule has 1 aliphatic rings. The third kappa shape index (κ3) is 1.35. The summed E-state index contributed by atoms with van der Waals surface area (Å²) in [5.41, 5.74) is 3.09. The molecule has 0 N–H and O–H groups in total. The van der Waals surface area contributed by atoms with Crippen LogP contribution in [-0.4, -0.2) is 0 Å². The summed E-state index contributed by atoms with van der Waals surface area (Å²) in [5, 5.41) is 7.46.